The molecule has 1 amide bonds. The molecular weight excluding hydrogens is 300 g/mol. The van der Waals surface area contributed by atoms with Crippen molar-refractivity contribution in [3.8, 4) is 0 Å². The summed E-state index contributed by atoms with van der Waals surface area (Å²) in [6.07, 6.45) is 0.998. The highest BCUT2D eigenvalue weighted by Crippen LogP contribution is 2.19. The quantitative estimate of drug-likeness (QED) is 0.622. The Labute approximate surface area is 132 Å². The van der Waals surface area contributed by atoms with Crippen molar-refractivity contribution in [3.05, 3.63) is 57.9 Å². The number of hydrogen-bond acceptors (Lipinski definition) is 5. The van der Waals surface area contributed by atoms with Crippen LogP contribution < -0.4 is 0 Å². The molecule has 1 aromatic carbocycles. The van der Waals surface area contributed by atoms with E-state index < -0.39 is 16.4 Å². The monoisotopic (exact) mass is 318 g/mol. The number of carbonyl (C=O) groups excluding carboxylic acids is 1. The van der Waals surface area contributed by atoms with E-state index in [2.05, 4.69) is 10.2 Å². The molecule has 1 heterocycles. The third kappa shape index (κ3) is 4.36. The molecule has 0 unspecified atom stereocenters. The number of aliphatic hydroxyl groups is 1. The topological polar surface area (TPSA) is 112 Å². The first-order chi connectivity index (χ1) is 10.8. The van der Waals surface area contributed by atoms with E-state index in [4.69, 9.17) is 0 Å². The SMILES string of the molecule is CC(C)(O)CN(Cc1ccccc1)C(=O)c1[nH]ncc1[N+](=O)[O-]. The molecule has 2 N–H and O–H groups in total. The Balaban J connectivity index is 2.30. The summed E-state index contributed by atoms with van der Waals surface area (Å²) in [4.78, 5) is 24.3. The number of rotatable bonds is 6. The Hall–Kier alpha value is -2.74. The molecule has 8 nitrogen and oxygen atoms in total. The van der Waals surface area contributed by atoms with Gasteiger partial charge >= 0.3 is 5.69 Å². The molecule has 0 bridgehead atoms. The van der Waals surface area contributed by atoms with Crippen LogP contribution in [0.1, 0.15) is 29.9 Å². The second-order valence-corrected chi connectivity index (χ2v) is 5.85. The normalized spacial score (nSPS) is 11.3. The minimum absolute atomic E-state index is 0.0247. The third-order valence-corrected chi connectivity index (χ3v) is 3.11. The summed E-state index contributed by atoms with van der Waals surface area (Å²) in [7, 11) is 0. The summed E-state index contributed by atoms with van der Waals surface area (Å²) < 4.78 is 0. The fourth-order valence-corrected chi connectivity index (χ4v) is 2.20. The van der Waals surface area contributed by atoms with Crippen LogP contribution in [0.5, 0.6) is 0 Å². The molecule has 2 rings (SSSR count). The second-order valence-electron chi connectivity index (χ2n) is 5.85. The molecule has 0 fully saturated rings. The number of benzene rings is 1. The molecule has 0 radical (unpaired) electrons. The van der Waals surface area contributed by atoms with Crippen LogP contribution in [0.15, 0.2) is 36.5 Å². The first-order valence-corrected chi connectivity index (χ1v) is 7.01. The van der Waals surface area contributed by atoms with Crippen molar-refractivity contribution in [1.29, 1.82) is 0 Å². The molecule has 2 aromatic rings. The van der Waals surface area contributed by atoms with Crippen LogP contribution in [0.3, 0.4) is 0 Å². The highest BCUT2D eigenvalue weighted by Gasteiger charge is 2.30. The van der Waals surface area contributed by atoms with Gasteiger partial charge in [0.05, 0.1) is 10.5 Å². The molecule has 0 atom stereocenters. The molecule has 0 aliphatic carbocycles. The van der Waals surface area contributed by atoms with Crippen LogP contribution in [-0.4, -0.2) is 43.2 Å². The largest absolute Gasteiger partial charge is 0.389 e. The van der Waals surface area contributed by atoms with Gasteiger partial charge in [-0.2, -0.15) is 5.10 Å². The van der Waals surface area contributed by atoms with Crippen molar-refractivity contribution in [2.24, 2.45) is 0 Å². The highest BCUT2D eigenvalue weighted by molar-refractivity contribution is 5.96. The molecule has 0 aliphatic rings. The van der Waals surface area contributed by atoms with Gasteiger partial charge in [0.25, 0.3) is 5.91 Å². The van der Waals surface area contributed by atoms with Gasteiger partial charge in [0, 0.05) is 13.1 Å². The zero-order valence-corrected chi connectivity index (χ0v) is 12.9. The van der Waals surface area contributed by atoms with Gasteiger partial charge in [-0.1, -0.05) is 30.3 Å². The van der Waals surface area contributed by atoms with E-state index in [0.717, 1.165) is 11.8 Å². The van der Waals surface area contributed by atoms with Crippen LogP contribution in [0.2, 0.25) is 0 Å². The van der Waals surface area contributed by atoms with Crippen molar-refractivity contribution in [1.82, 2.24) is 15.1 Å². The van der Waals surface area contributed by atoms with Crippen LogP contribution in [-0.2, 0) is 6.54 Å². The van der Waals surface area contributed by atoms with Gasteiger partial charge in [0.1, 0.15) is 6.20 Å². The lowest BCUT2D eigenvalue weighted by Crippen LogP contribution is -2.42. The van der Waals surface area contributed by atoms with E-state index in [1.54, 1.807) is 13.8 Å². The van der Waals surface area contributed by atoms with E-state index >= 15 is 0 Å². The smallest absolute Gasteiger partial charge is 0.319 e. The predicted molar refractivity (Wildman–Crippen MR) is 82.7 cm³/mol. The molecule has 0 saturated heterocycles. The Morgan fingerprint density at radius 3 is 2.61 bits per heavy atom. The van der Waals surface area contributed by atoms with Gasteiger partial charge in [-0.15, -0.1) is 0 Å². The number of nitrogens with one attached hydrogen (secondary N) is 1. The number of amides is 1. The summed E-state index contributed by atoms with van der Waals surface area (Å²) in [5, 5.41) is 27.0. The predicted octanol–water partition coefficient (Wildman–Crippen LogP) is 1.73. The van der Waals surface area contributed by atoms with E-state index in [-0.39, 0.29) is 24.5 Å². The average Bonchev–Trinajstić information content (AvgIpc) is 2.95. The number of carbonyl (C=O) groups is 1. The molecule has 0 spiro atoms. The summed E-state index contributed by atoms with van der Waals surface area (Å²) in [5.41, 5.74) is -0.870. The van der Waals surface area contributed by atoms with Gasteiger partial charge in [-0.25, -0.2) is 0 Å². The maximum Gasteiger partial charge on any atom is 0.319 e. The van der Waals surface area contributed by atoms with Crippen molar-refractivity contribution in [2.45, 2.75) is 26.0 Å². The highest BCUT2D eigenvalue weighted by atomic mass is 16.6. The first-order valence-electron chi connectivity index (χ1n) is 7.01. The van der Waals surface area contributed by atoms with Crippen LogP contribution in [0.4, 0.5) is 5.69 Å². The van der Waals surface area contributed by atoms with E-state index in [9.17, 15) is 20.0 Å². The lowest BCUT2D eigenvalue weighted by atomic mass is 10.1. The minimum atomic E-state index is -1.14. The van der Waals surface area contributed by atoms with Gasteiger partial charge < -0.3 is 10.0 Å². The Kier molecular flexibility index (Phi) is 4.75. The summed E-state index contributed by atoms with van der Waals surface area (Å²) >= 11 is 0. The van der Waals surface area contributed by atoms with Crippen LogP contribution in [0, 0.1) is 10.1 Å². The standard InChI is InChI=1S/C15H18N4O4/c1-15(2,21)10-18(9-11-6-4-3-5-7-11)14(20)13-12(19(22)23)8-16-17-13/h3-8,21H,9-10H2,1-2H3,(H,16,17). The van der Waals surface area contributed by atoms with E-state index in [0.29, 0.717) is 0 Å². The number of hydrogen-bond donors (Lipinski definition) is 2. The van der Waals surface area contributed by atoms with Crippen molar-refractivity contribution < 1.29 is 14.8 Å². The van der Waals surface area contributed by atoms with Crippen LogP contribution in [0.25, 0.3) is 0 Å². The van der Waals surface area contributed by atoms with E-state index in [1.165, 1.54) is 4.90 Å². The fourth-order valence-electron chi connectivity index (χ4n) is 2.20. The molecule has 0 aliphatic heterocycles. The fraction of sp³-hybridized carbons (Fsp3) is 0.333. The summed E-state index contributed by atoms with van der Waals surface area (Å²) in [6, 6.07) is 9.20. The van der Waals surface area contributed by atoms with Crippen LogP contribution >= 0.6 is 0 Å². The summed E-state index contributed by atoms with van der Waals surface area (Å²) in [5.74, 6) is -0.583. The number of nitro groups is 1. The Morgan fingerprint density at radius 1 is 1.39 bits per heavy atom. The third-order valence-electron chi connectivity index (χ3n) is 3.11. The molecule has 122 valence electrons. The zero-order chi connectivity index (χ0) is 17.0. The number of aromatic amines is 1. The summed E-state index contributed by atoms with van der Waals surface area (Å²) in [6.45, 7) is 3.38. The van der Waals surface area contributed by atoms with Gasteiger partial charge in [0.15, 0.2) is 0 Å². The van der Waals surface area contributed by atoms with Crippen molar-refractivity contribution in [2.75, 3.05) is 6.54 Å². The Bertz CT molecular complexity index is 691. The first kappa shape index (κ1) is 16.6. The Morgan fingerprint density at radius 2 is 2.04 bits per heavy atom. The molecule has 8 heteroatoms. The number of aromatic nitrogens is 2. The minimum Gasteiger partial charge on any atom is -0.389 e. The van der Waals surface area contributed by atoms with Crippen molar-refractivity contribution >= 4 is 11.6 Å². The lowest BCUT2D eigenvalue weighted by molar-refractivity contribution is -0.385. The molecular formula is C15H18N4O4. The van der Waals surface area contributed by atoms with Gasteiger partial charge in [0.2, 0.25) is 5.69 Å². The maximum atomic E-state index is 12.7. The lowest BCUT2D eigenvalue weighted by Gasteiger charge is -2.28. The second kappa shape index (κ2) is 6.57. The molecule has 0 saturated carbocycles. The maximum absolute atomic E-state index is 12.7. The van der Waals surface area contributed by atoms with E-state index in [1.807, 2.05) is 30.3 Å². The zero-order valence-electron chi connectivity index (χ0n) is 12.9. The van der Waals surface area contributed by atoms with Gasteiger partial charge in [-0.05, 0) is 19.4 Å². The van der Waals surface area contributed by atoms with Crippen molar-refractivity contribution in [3.63, 3.8) is 0 Å². The molecule has 1 aromatic heterocycles. The van der Waals surface area contributed by atoms with Gasteiger partial charge in [-0.3, -0.25) is 20.0 Å². The number of H-pyrrole nitrogens is 1. The molecule has 23 heavy (non-hydrogen) atoms. The average molecular weight is 318 g/mol. The number of nitrogens with zero attached hydrogens (tertiary/aromatic N) is 3.